The van der Waals surface area contributed by atoms with Crippen molar-refractivity contribution in [2.24, 2.45) is 11.8 Å². The minimum Gasteiger partial charge on any atom is 0 e. The third-order valence-corrected chi connectivity index (χ3v) is 12.7. The number of halogens is 3. The Morgan fingerprint density at radius 3 is 2.04 bits per heavy atom. The fourth-order valence-corrected chi connectivity index (χ4v) is 9.41. The van der Waals surface area contributed by atoms with Gasteiger partial charge in [-0.2, -0.15) is 0 Å². The predicted molar refractivity (Wildman–Crippen MR) is 206 cm³/mol. The number of aryl methyl sites for hydroxylation is 4. The van der Waals surface area contributed by atoms with Gasteiger partial charge in [-0.3, -0.25) is 4.79 Å². The molecule has 4 aliphatic carbocycles. The molecule has 1 N–H and O–H groups in total. The Labute approximate surface area is 329 Å². The van der Waals surface area contributed by atoms with Crippen LogP contribution >= 0.6 is 0 Å². The number of aromatic nitrogens is 2. The van der Waals surface area contributed by atoms with E-state index in [1.54, 1.807) is 0 Å². The van der Waals surface area contributed by atoms with E-state index in [1.807, 2.05) is 64.1 Å². The van der Waals surface area contributed by atoms with Gasteiger partial charge in [-0.05, 0) is 25.7 Å². The predicted octanol–water partition coefficient (Wildman–Crippen LogP) is 11.2. The summed E-state index contributed by atoms with van der Waals surface area (Å²) in [7, 11) is 0. The molecule has 2 heterocycles. The van der Waals surface area contributed by atoms with Crippen molar-refractivity contribution in [3.8, 4) is 10.1 Å². The number of ketones is 1. The number of aliphatic hydroxyl groups is 1. The molecule has 4 nitrogen and oxygen atoms in total. The van der Waals surface area contributed by atoms with Crippen molar-refractivity contribution in [2.45, 2.75) is 85.2 Å². The minimum absolute atomic E-state index is 0. The van der Waals surface area contributed by atoms with Crippen molar-refractivity contribution >= 4 is 51.6 Å². The smallest absolute Gasteiger partial charge is 0 e. The summed E-state index contributed by atoms with van der Waals surface area (Å²) in [5.41, 5.74) is 3.83. The second-order valence-electron chi connectivity index (χ2n) is 13.5. The number of nitrogens with zero attached hydrogens (tertiary/aromatic N) is 2. The number of allylic oxidation sites excluding steroid dienone is 2. The molecule has 53 heavy (non-hydrogen) atoms. The van der Waals surface area contributed by atoms with E-state index in [0.29, 0.717) is 41.3 Å². The standard InChI is InChI=1S/C31H20F3N2Se.C13H24O2.Ir/c32-31(33,34)28-27-21-12-10-19-7-5-18(6-8-19)9-11-20(13-14-21)23(27)16-24-29(35-17-36-30(24)28)26-15-22-3-1-2-4-25(22)37-26;1-5-10(6-2)12(14)9-13(15)11(7-3)8-4;/h1-8,13-14,16-17H,9-12H2;9-11,14H,5-8H2,1-4H3;/q-1;;/b;12-9-;. The summed E-state index contributed by atoms with van der Waals surface area (Å²) < 4.78 is 46.7. The Hall–Kier alpha value is -3.61. The van der Waals surface area contributed by atoms with Crippen LogP contribution in [0.4, 0.5) is 13.2 Å². The van der Waals surface area contributed by atoms with Gasteiger partial charge < -0.3 is 5.11 Å². The van der Waals surface area contributed by atoms with Crippen molar-refractivity contribution in [1.82, 2.24) is 9.97 Å². The first-order chi connectivity index (χ1) is 25.1. The molecule has 279 valence electrons. The fourth-order valence-electron chi connectivity index (χ4n) is 7.28. The molecule has 4 aliphatic rings. The van der Waals surface area contributed by atoms with E-state index >= 15 is 0 Å². The molecule has 0 unspecified atom stereocenters. The molecule has 0 aliphatic heterocycles. The van der Waals surface area contributed by atoms with Crippen LogP contribution in [0.3, 0.4) is 0 Å². The zero-order valence-electron chi connectivity index (χ0n) is 30.4. The van der Waals surface area contributed by atoms with Crippen LogP contribution < -0.4 is 0 Å². The normalized spacial score (nSPS) is 13.3. The van der Waals surface area contributed by atoms with Crippen LogP contribution in [0.25, 0.3) is 41.5 Å². The summed E-state index contributed by atoms with van der Waals surface area (Å²) in [6, 6.07) is 25.7. The molecule has 0 spiro atoms. The molecule has 2 aromatic heterocycles. The Balaban J connectivity index is 0.000000290. The number of carbonyl (C=O) groups excluding carboxylic acids is 1. The van der Waals surface area contributed by atoms with Gasteiger partial charge in [0.05, 0.1) is 5.76 Å². The largest absolute Gasteiger partial charge is 0 e. The van der Waals surface area contributed by atoms with Crippen molar-refractivity contribution < 1.29 is 43.2 Å². The van der Waals surface area contributed by atoms with Gasteiger partial charge in [0.25, 0.3) is 0 Å². The molecular weight excluding hydrogens is 917 g/mol. The average Bonchev–Trinajstić information content (AvgIpc) is 3.57. The molecule has 0 atom stereocenters. The quantitative estimate of drug-likeness (QED) is 0.0543. The number of benzene rings is 4. The molecule has 10 rings (SSSR count). The van der Waals surface area contributed by atoms with Gasteiger partial charge in [0.1, 0.15) is 0 Å². The van der Waals surface area contributed by atoms with E-state index in [0.717, 1.165) is 57.3 Å². The number of rotatable bonds is 8. The molecular formula is C44H44F3IrN2O2Se-. The van der Waals surface area contributed by atoms with Crippen molar-refractivity contribution in [2.75, 3.05) is 0 Å². The van der Waals surface area contributed by atoms with Gasteiger partial charge >= 0.3 is 218 Å². The number of fused-ring (bicyclic) bond motifs is 2. The summed E-state index contributed by atoms with van der Waals surface area (Å²) in [6.45, 7) is 8.07. The summed E-state index contributed by atoms with van der Waals surface area (Å²) >= 11 is -0.0846. The fraction of sp³-hybridized carbons (Fsp3) is 0.341. The van der Waals surface area contributed by atoms with Gasteiger partial charge in [0.2, 0.25) is 0 Å². The van der Waals surface area contributed by atoms with E-state index in [9.17, 15) is 23.1 Å². The Morgan fingerprint density at radius 2 is 1.43 bits per heavy atom. The van der Waals surface area contributed by atoms with Crippen LogP contribution in [0.5, 0.6) is 0 Å². The van der Waals surface area contributed by atoms with Crippen LogP contribution in [-0.4, -0.2) is 35.4 Å². The molecule has 0 saturated heterocycles. The SMILES string of the molecule is CCC(CC)C(=O)/C=C(\O)C(CC)CC.FC(F)(F)c1c2ncnc(-c3[c-]c4ccccc4[se]3)c2cc2c3ccc(c12)CCc1ccc(cc1)CC3.[Ir]. The monoisotopic (exact) mass is 962 g/mol. The topological polar surface area (TPSA) is 63.1 Å². The molecule has 9 heteroatoms. The van der Waals surface area contributed by atoms with Crippen LogP contribution in [0.1, 0.15) is 81.2 Å². The van der Waals surface area contributed by atoms with Crippen LogP contribution in [0, 0.1) is 17.9 Å². The van der Waals surface area contributed by atoms with Gasteiger partial charge in [-0.1, -0.05) is 27.7 Å². The first-order valence-electron chi connectivity index (χ1n) is 18.3. The maximum absolute atomic E-state index is 14.9. The van der Waals surface area contributed by atoms with Gasteiger partial charge in [-0.25, -0.2) is 0 Å². The Morgan fingerprint density at radius 1 is 0.830 bits per heavy atom. The first-order valence-corrected chi connectivity index (χ1v) is 20.0. The van der Waals surface area contributed by atoms with Gasteiger partial charge in [0, 0.05) is 38.0 Å². The Bertz CT molecular complexity index is 2200. The molecule has 0 saturated carbocycles. The minimum atomic E-state index is -4.56. The third kappa shape index (κ3) is 8.86. The summed E-state index contributed by atoms with van der Waals surface area (Å²) in [5.74, 6) is 0.547. The summed E-state index contributed by atoms with van der Waals surface area (Å²) in [6.07, 6.45) is 4.26. The molecule has 0 amide bonds. The number of alkyl halides is 3. The van der Waals surface area contributed by atoms with Crippen LogP contribution in [-0.2, 0) is 56.8 Å². The maximum Gasteiger partial charge on any atom is 0 e. The van der Waals surface area contributed by atoms with Gasteiger partial charge in [-0.15, -0.1) is 0 Å². The van der Waals surface area contributed by atoms with E-state index in [-0.39, 0.29) is 68.9 Å². The van der Waals surface area contributed by atoms with E-state index in [2.05, 4.69) is 46.4 Å². The zero-order valence-corrected chi connectivity index (χ0v) is 34.6. The number of hydrogen-bond acceptors (Lipinski definition) is 4. The van der Waals surface area contributed by atoms with E-state index in [4.69, 9.17) is 0 Å². The molecule has 0 fully saturated rings. The molecule has 1 radical (unpaired) electrons. The zero-order chi connectivity index (χ0) is 37.0. The summed E-state index contributed by atoms with van der Waals surface area (Å²) in [5, 5.41) is 12.1. The van der Waals surface area contributed by atoms with Gasteiger partial charge in [0.15, 0.2) is 5.78 Å². The van der Waals surface area contributed by atoms with E-state index in [1.165, 1.54) is 18.0 Å². The van der Waals surface area contributed by atoms with Crippen molar-refractivity contribution in [3.05, 3.63) is 119 Å². The number of aliphatic hydroxyl groups excluding tert-OH is 1. The van der Waals surface area contributed by atoms with Crippen LogP contribution in [0.2, 0.25) is 0 Å². The maximum atomic E-state index is 14.9. The molecule has 4 bridgehead atoms. The first kappa shape index (κ1) is 40.6. The summed E-state index contributed by atoms with van der Waals surface area (Å²) in [4.78, 5) is 20.5. The van der Waals surface area contributed by atoms with Crippen molar-refractivity contribution in [3.63, 3.8) is 0 Å². The van der Waals surface area contributed by atoms with E-state index < -0.39 is 11.7 Å². The number of hydrogen-bond donors (Lipinski definition) is 1. The molecule has 4 aromatic carbocycles. The Kier molecular flexibility index (Phi) is 13.5. The average molecular weight is 961 g/mol. The van der Waals surface area contributed by atoms with Crippen molar-refractivity contribution in [1.29, 1.82) is 0 Å². The second-order valence-corrected chi connectivity index (χ2v) is 15.7. The number of carbonyl (C=O) groups is 1. The molecule has 6 aromatic rings. The second kappa shape index (κ2) is 17.7. The third-order valence-electron chi connectivity index (χ3n) is 10.4. The van der Waals surface area contributed by atoms with Crippen LogP contribution in [0.15, 0.2) is 84.9 Å².